The Bertz CT molecular complexity index is 732. The summed E-state index contributed by atoms with van der Waals surface area (Å²) in [6.45, 7) is 0.316. The molecule has 0 atom stereocenters. The van der Waals surface area contributed by atoms with Crippen LogP contribution in [-0.4, -0.2) is 17.0 Å². The SMILES string of the molecule is O=C(O)CCC(=O)NCc1ccc(Oc2cc(Cl)ccc2Cl)cc1. The summed E-state index contributed by atoms with van der Waals surface area (Å²) in [5.41, 5.74) is 0.864. The molecule has 2 N–H and O–H groups in total. The van der Waals surface area contributed by atoms with E-state index in [4.69, 9.17) is 33.0 Å². The third-order valence-corrected chi connectivity index (χ3v) is 3.65. The van der Waals surface area contributed by atoms with E-state index in [1.807, 2.05) is 0 Å². The van der Waals surface area contributed by atoms with Gasteiger partial charge in [0, 0.05) is 24.1 Å². The molecule has 2 aromatic carbocycles. The fraction of sp³-hybridized carbons (Fsp3) is 0.176. The van der Waals surface area contributed by atoms with Crippen molar-refractivity contribution in [2.45, 2.75) is 19.4 Å². The highest BCUT2D eigenvalue weighted by molar-refractivity contribution is 6.34. The van der Waals surface area contributed by atoms with Gasteiger partial charge in [-0.3, -0.25) is 9.59 Å². The van der Waals surface area contributed by atoms with Gasteiger partial charge >= 0.3 is 5.97 Å². The number of carboxylic acids is 1. The van der Waals surface area contributed by atoms with Crippen LogP contribution >= 0.6 is 23.2 Å². The fourth-order valence-corrected chi connectivity index (χ4v) is 2.19. The largest absolute Gasteiger partial charge is 0.481 e. The van der Waals surface area contributed by atoms with E-state index in [9.17, 15) is 9.59 Å². The molecule has 0 saturated carbocycles. The molecule has 0 aliphatic carbocycles. The molecule has 0 aliphatic rings. The maximum absolute atomic E-state index is 11.5. The van der Waals surface area contributed by atoms with Gasteiger partial charge in [0.1, 0.15) is 11.5 Å². The van der Waals surface area contributed by atoms with Gasteiger partial charge in [0.25, 0.3) is 0 Å². The van der Waals surface area contributed by atoms with E-state index in [1.54, 1.807) is 42.5 Å². The number of hydrogen-bond acceptors (Lipinski definition) is 3. The summed E-state index contributed by atoms with van der Waals surface area (Å²) in [5, 5.41) is 12.2. The van der Waals surface area contributed by atoms with Gasteiger partial charge in [-0.2, -0.15) is 0 Å². The summed E-state index contributed by atoms with van der Waals surface area (Å²) in [6.07, 6.45) is -0.219. The van der Waals surface area contributed by atoms with Crippen molar-refractivity contribution in [3.05, 3.63) is 58.1 Å². The third kappa shape index (κ3) is 5.76. The smallest absolute Gasteiger partial charge is 0.303 e. The average Bonchev–Trinajstić information content (AvgIpc) is 2.55. The minimum Gasteiger partial charge on any atom is -0.481 e. The Morgan fingerprint density at radius 3 is 2.42 bits per heavy atom. The summed E-state index contributed by atoms with van der Waals surface area (Å²) in [6, 6.07) is 12.0. The number of benzene rings is 2. The number of nitrogens with one attached hydrogen (secondary N) is 1. The van der Waals surface area contributed by atoms with Crippen LogP contribution in [0.25, 0.3) is 0 Å². The van der Waals surface area contributed by atoms with Crippen LogP contribution in [0.2, 0.25) is 10.0 Å². The van der Waals surface area contributed by atoms with Gasteiger partial charge in [0.05, 0.1) is 11.4 Å². The first-order valence-electron chi connectivity index (χ1n) is 7.14. The number of amides is 1. The van der Waals surface area contributed by atoms with Gasteiger partial charge in [-0.05, 0) is 29.8 Å². The van der Waals surface area contributed by atoms with Gasteiger partial charge < -0.3 is 15.2 Å². The van der Waals surface area contributed by atoms with E-state index >= 15 is 0 Å². The number of aliphatic carboxylic acids is 1. The third-order valence-electron chi connectivity index (χ3n) is 3.10. The zero-order valence-corrected chi connectivity index (χ0v) is 14.1. The van der Waals surface area contributed by atoms with E-state index < -0.39 is 5.97 Å². The molecule has 0 aliphatic heterocycles. The molecule has 0 radical (unpaired) electrons. The second kappa shape index (κ2) is 8.57. The van der Waals surface area contributed by atoms with Crippen molar-refractivity contribution in [2.24, 2.45) is 0 Å². The zero-order valence-electron chi connectivity index (χ0n) is 12.6. The molecule has 0 saturated heterocycles. The van der Waals surface area contributed by atoms with Crippen LogP contribution in [0.3, 0.4) is 0 Å². The fourth-order valence-electron chi connectivity index (χ4n) is 1.87. The summed E-state index contributed by atoms with van der Waals surface area (Å²) < 4.78 is 5.67. The van der Waals surface area contributed by atoms with Gasteiger partial charge in [-0.25, -0.2) is 0 Å². The van der Waals surface area contributed by atoms with Crippen molar-refractivity contribution in [3.8, 4) is 11.5 Å². The van der Waals surface area contributed by atoms with E-state index in [0.717, 1.165) is 5.56 Å². The Kier molecular flexibility index (Phi) is 6.46. The van der Waals surface area contributed by atoms with Crippen molar-refractivity contribution in [1.82, 2.24) is 5.32 Å². The molecule has 0 bridgehead atoms. The van der Waals surface area contributed by atoms with Crippen molar-refractivity contribution < 1.29 is 19.4 Å². The number of ether oxygens (including phenoxy) is 1. The molecule has 1 amide bonds. The summed E-state index contributed by atoms with van der Waals surface area (Å²) >= 11 is 11.9. The van der Waals surface area contributed by atoms with Crippen LogP contribution in [0.15, 0.2) is 42.5 Å². The number of rotatable bonds is 7. The monoisotopic (exact) mass is 367 g/mol. The summed E-state index contributed by atoms with van der Waals surface area (Å²) in [4.78, 5) is 21.9. The van der Waals surface area contributed by atoms with Crippen LogP contribution < -0.4 is 10.1 Å². The minimum atomic E-state index is -0.994. The van der Waals surface area contributed by atoms with Gasteiger partial charge in [-0.1, -0.05) is 35.3 Å². The molecule has 0 aromatic heterocycles. The minimum absolute atomic E-state index is 0.0379. The molecule has 0 heterocycles. The first kappa shape index (κ1) is 18.1. The van der Waals surface area contributed by atoms with Crippen LogP contribution in [0.4, 0.5) is 0 Å². The molecule has 7 heteroatoms. The lowest BCUT2D eigenvalue weighted by molar-refractivity contribution is -0.138. The standard InChI is InChI=1S/C17H15Cl2NO4/c18-12-3-6-14(19)15(9-12)24-13-4-1-11(2-5-13)10-20-16(21)7-8-17(22)23/h1-6,9H,7-8,10H2,(H,20,21)(H,22,23). The highest BCUT2D eigenvalue weighted by Crippen LogP contribution is 2.31. The zero-order chi connectivity index (χ0) is 17.5. The lowest BCUT2D eigenvalue weighted by atomic mass is 10.2. The Hall–Kier alpha value is -2.24. The molecule has 0 spiro atoms. The van der Waals surface area contributed by atoms with Crippen LogP contribution in [0, 0.1) is 0 Å². The van der Waals surface area contributed by atoms with Crippen molar-refractivity contribution in [3.63, 3.8) is 0 Å². The number of carbonyl (C=O) groups excluding carboxylic acids is 1. The number of hydrogen-bond donors (Lipinski definition) is 2. The van der Waals surface area contributed by atoms with Gasteiger partial charge in [-0.15, -0.1) is 0 Å². The Morgan fingerprint density at radius 1 is 1.04 bits per heavy atom. The predicted octanol–water partition coefficient (Wildman–Crippen LogP) is 4.27. The van der Waals surface area contributed by atoms with E-state index in [-0.39, 0.29) is 18.7 Å². The van der Waals surface area contributed by atoms with Crippen molar-refractivity contribution in [2.75, 3.05) is 0 Å². The highest BCUT2D eigenvalue weighted by atomic mass is 35.5. The Balaban J connectivity index is 1.90. The number of carbonyl (C=O) groups is 2. The molecule has 126 valence electrons. The Morgan fingerprint density at radius 2 is 1.75 bits per heavy atom. The van der Waals surface area contributed by atoms with E-state index in [1.165, 1.54) is 0 Å². The second-order valence-electron chi connectivity index (χ2n) is 4.99. The van der Waals surface area contributed by atoms with E-state index in [2.05, 4.69) is 5.32 Å². The highest BCUT2D eigenvalue weighted by Gasteiger charge is 2.06. The normalized spacial score (nSPS) is 10.2. The van der Waals surface area contributed by atoms with Gasteiger partial charge in [0.2, 0.25) is 5.91 Å². The van der Waals surface area contributed by atoms with Crippen molar-refractivity contribution in [1.29, 1.82) is 0 Å². The molecule has 2 rings (SSSR count). The lowest BCUT2D eigenvalue weighted by Gasteiger charge is -2.09. The molecule has 5 nitrogen and oxygen atoms in total. The molecule has 0 fully saturated rings. The topological polar surface area (TPSA) is 75.6 Å². The first-order valence-corrected chi connectivity index (χ1v) is 7.90. The quantitative estimate of drug-likeness (QED) is 0.766. The van der Waals surface area contributed by atoms with Crippen LogP contribution in [-0.2, 0) is 16.1 Å². The van der Waals surface area contributed by atoms with Crippen LogP contribution in [0.5, 0.6) is 11.5 Å². The molecular formula is C17H15Cl2NO4. The molecule has 24 heavy (non-hydrogen) atoms. The first-order chi connectivity index (χ1) is 11.4. The summed E-state index contributed by atoms with van der Waals surface area (Å²) in [5.74, 6) is -0.256. The molecule has 0 unspecified atom stereocenters. The molecule has 2 aromatic rings. The second-order valence-corrected chi connectivity index (χ2v) is 5.83. The maximum atomic E-state index is 11.5. The van der Waals surface area contributed by atoms with Crippen LogP contribution in [0.1, 0.15) is 18.4 Å². The van der Waals surface area contributed by atoms with Crippen molar-refractivity contribution >= 4 is 35.1 Å². The Labute approximate surface area is 149 Å². The van der Waals surface area contributed by atoms with Gasteiger partial charge in [0.15, 0.2) is 0 Å². The molecular weight excluding hydrogens is 353 g/mol. The number of halogens is 2. The number of carboxylic acid groups (broad SMARTS) is 1. The maximum Gasteiger partial charge on any atom is 0.303 e. The summed E-state index contributed by atoms with van der Waals surface area (Å²) in [7, 11) is 0. The average molecular weight is 368 g/mol. The van der Waals surface area contributed by atoms with E-state index in [0.29, 0.717) is 28.1 Å². The lowest BCUT2D eigenvalue weighted by Crippen LogP contribution is -2.23. The predicted molar refractivity (Wildman–Crippen MR) is 91.7 cm³/mol.